The molecular weight excluding hydrogens is 186 g/mol. The Morgan fingerprint density at radius 3 is 2.40 bits per heavy atom. The first-order valence-corrected chi connectivity index (χ1v) is 4.86. The maximum Gasteiger partial charge on any atom is 0.213 e. The van der Waals surface area contributed by atoms with E-state index in [9.17, 15) is 0 Å². The van der Waals surface area contributed by atoms with E-state index in [1.807, 2.05) is 12.1 Å². The summed E-state index contributed by atoms with van der Waals surface area (Å²) < 4.78 is 5.09. The minimum atomic E-state index is 0.646. The van der Waals surface area contributed by atoms with Crippen molar-refractivity contribution in [1.29, 1.82) is 0 Å². The highest BCUT2D eigenvalue weighted by Crippen LogP contribution is 2.22. The number of hydrogen-bond acceptors (Lipinski definition) is 2. The molecule has 1 heterocycles. The van der Waals surface area contributed by atoms with E-state index in [4.69, 9.17) is 4.74 Å². The molecule has 0 unspecified atom stereocenters. The smallest absolute Gasteiger partial charge is 0.213 e. The number of benzene rings is 1. The molecule has 76 valence electrons. The van der Waals surface area contributed by atoms with Gasteiger partial charge in [0, 0.05) is 12.3 Å². The molecule has 0 amide bonds. The van der Waals surface area contributed by atoms with Crippen molar-refractivity contribution in [2.75, 3.05) is 7.11 Å². The average molecular weight is 199 g/mol. The van der Waals surface area contributed by atoms with Gasteiger partial charge >= 0.3 is 0 Å². The van der Waals surface area contributed by atoms with Crippen LogP contribution in [0.15, 0.2) is 42.6 Å². The lowest BCUT2D eigenvalue weighted by Crippen LogP contribution is -1.87. The van der Waals surface area contributed by atoms with Gasteiger partial charge in [0.1, 0.15) is 0 Å². The lowest BCUT2D eigenvalue weighted by molar-refractivity contribution is 0.398. The van der Waals surface area contributed by atoms with Crippen molar-refractivity contribution in [3.63, 3.8) is 0 Å². The third-order valence-electron chi connectivity index (χ3n) is 2.33. The summed E-state index contributed by atoms with van der Waals surface area (Å²) in [6, 6.07) is 12.3. The van der Waals surface area contributed by atoms with E-state index in [1.54, 1.807) is 13.3 Å². The minimum absolute atomic E-state index is 0.646. The number of nitrogens with zero attached hydrogens (tertiary/aromatic N) is 1. The van der Waals surface area contributed by atoms with Crippen LogP contribution in [0.3, 0.4) is 0 Å². The van der Waals surface area contributed by atoms with Crippen LogP contribution in [0.25, 0.3) is 11.1 Å². The summed E-state index contributed by atoms with van der Waals surface area (Å²) in [5, 5.41) is 0. The van der Waals surface area contributed by atoms with Crippen molar-refractivity contribution in [3.05, 3.63) is 48.2 Å². The molecule has 2 nitrogen and oxygen atoms in total. The van der Waals surface area contributed by atoms with Gasteiger partial charge in [-0.2, -0.15) is 0 Å². The summed E-state index contributed by atoms with van der Waals surface area (Å²) >= 11 is 0. The highest BCUT2D eigenvalue weighted by molar-refractivity contribution is 5.64. The third-order valence-corrected chi connectivity index (χ3v) is 2.33. The number of pyridine rings is 1. The van der Waals surface area contributed by atoms with Crippen molar-refractivity contribution in [2.45, 2.75) is 6.92 Å². The average Bonchev–Trinajstić information content (AvgIpc) is 2.30. The van der Waals surface area contributed by atoms with Crippen molar-refractivity contribution in [1.82, 2.24) is 4.98 Å². The normalized spacial score (nSPS) is 10.0. The van der Waals surface area contributed by atoms with E-state index in [0.29, 0.717) is 5.88 Å². The molecule has 0 radical (unpaired) electrons. The number of methoxy groups -OCH3 is 1. The highest BCUT2D eigenvalue weighted by atomic mass is 16.5. The summed E-state index contributed by atoms with van der Waals surface area (Å²) in [7, 11) is 1.63. The Morgan fingerprint density at radius 2 is 1.73 bits per heavy atom. The zero-order chi connectivity index (χ0) is 10.7. The van der Waals surface area contributed by atoms with Crippen molar-refractivity contribution < 1.29 is 4.74 Å². The molecule has 0 saturated carbocycles. The molecule has 0 fully saturated rings. The van der Waals surface area contributed by atoms with Crippen molar-refractivity contribution in [3.8, 4) is 17.0 Å². The topological polar surface area (TPSA) is 22.1 Å². The number of aromatic nitrogens is 1. The lowest BCUT2D eigenvalue weighted by atomic mass is 10.1. The first kappa shape index (κ1) is 9.71. The molecule has 0 aliphatic heterocycles. The van der Waals surface area contributed by atoms with Gasteiger partial charge in [0.15, 0.2) is 0 Å². The molecule has 2 rings (SSSR count). The van der Waals surface area contributed by atoms with Gasteiger partial charge < -0.3 is 4.74 Å². The van der Waals surface area contributed by atoms with E-state index in [1.165, 1.54) is 11.1 Å². The zero-order valence-corrected chi connectivity index (χ0v) is 8.90. The summed E-state index contributed by atoms with van der Waals surface area (Å²) in [5.74, 6) is 0.646. The SMILES string of the molecule is COc1cc(-c2ccc(C)cc2)ccn1. The maximum atomic E-state index is 5.09. The Hall–Kier alpha value is -1.83. The number of aryl methyl sites for hydroxylation is 1. The molecule has 0 saturated heterocycles. The monoisotopic (exact) mass is 199 g/mol. The molecule has 0 aliphatic carbocycles. The van der Waals surface area contributed by atoms with Gasteiger partial charge in [-0.3, -0.25) is 0 Å². The fraction of sp³-hybridized carbons (Fsp3) is 0.154. The maximum absolute atomic E-state index is 5.09. The predicted molar refractivity (Wildman–Crippen MR) is 61.0 cm³/mol. The second kappa shape index (κ2) is 4.13. The van der Waals surface area contributed by atoms with Gasteiger partial charge in [-0.1, -0.05) is 29.8 Å². The number of rotatable bonds is 2. The first-order valence-electron chi connectivity index (χ1n) is 4.86. The van der Waals surface area contributed by atoms with Crippen LogP contribution < -0.4 is 4.74 Å². The Kier molecular flexibility index (Phi) is 2.68. The number of ether oxygens (including phenoxy) is 1. The molecule has 2 heteroatoms. The lowest BCUT2D eigenvalue weighted by Gasteiger charge is -2.04. The second-order valence-electron chi connectivity index (χ2n) is 3.45. The van der Waals surface area contributed by atoms with Crippen LogP contribution in [0.5, 0.6) is 5.88 Å². The van der Waals surface area contributed by atoms with Gasteiger partial charge in [0.25, 0.3) is 0 Å². The summed E-state index contributed by atoms with van der Waals surface area (Å²) in [6.45, 7) is 2.08. The molecule has 0 bridgehead atoms. The second-order valence-corrected chi connectivity index (χ2v) is 3.45. The van der Waals surface area contributed by atoms with E-state index in [2.05, 4.69) is 36.2 Å². The Bertz CT molecular complexity index is 448. The molecular formula is C13H13NO. The molecule has 0 N–H and O–H groups in total. The molecule has 0 atom stereocenters. The van der Waals surface area contributed by atoms with Crippen molar-refractivity contribution in [2.24, 2.45) is 0 Å². The zero-order valence-electron chi connectivity index (χ0n) is 8.90. The fourth-order valence-corrected chi connectivity index (χ4v) is 1.45. The van der Waals surface area contributed by atoms with Crippen LogP contribution in [-0.2, 0) is 0 Å². The predicted octanol–water partition coefficient (Wildman–Crippen LogP) is 3.07. The third kappa shape index (κ3) is 2.15. The van der Waals surface area contributed by atoms with Crippen LogP contribution in [-0.4, -0.2) is 12.1 Å². The summed E-state index contributed by atoms with van der Waals surface area (Å²) in [5.41, 5.74) is 3.57. The molecule has 0 spiro atoms. The van der Waals surface area contributed by atoms with Gasteiger partial charge in [-0.05, 0) is 24.1 Å². The summed E-state index contributed by atoms with van der Waals surface area (Å²) in [4.78, 5) is 4.08. The Labute approximate surface area is 89.6 Å². The quantitative estimate of drug-likeness (QED) is 0.741. The van der Waals surface area contributed by atoms with E-state index in [-0.39, 0.29) is 0 Å². The molecule has 15 heavy (non-hydrogen) atoms. The highest BCUT2D eigenvalue weighted by Gasteiger charge is 1.99. The van der Waals surface area contributed by atoms with Crippen LogP contribution in [0.1, 0.15) is 5.56 Å². The van der Waals surface area contributed by atoms with Crippen LogP contribution in [0.2, 0.25) is 0 Å². The standard InChI is InChI=1S/C13H13NO/c1-10-3-5-11(6-4-10)12-7-8-14-13(9-12)15-2/h3-9H,1-2H3. The Morgan fingerprint density at radius 1 is 1.00 bits per heavy atom. The van der Waals surface area contributed by atoms with Crippen LogP contribution in [0, 0.1) is 6.92 Å². The van der Waals surface area contributed by atoms with Crippen molar-refractivity contribution >= 4 is 0 Å². The van der Waals surface area contributed by atoms with Crippen LogP contribution in [0.4, 0.5) is 0 Å². The van der Waals surface area contributed by atoms with E-state index >= 15 is 0 Å². The van der Waals surface area contributed by atoms with Gasteiger partial charge in [-0.15, -0.1) is 0 Å². The van der Waals surface area contributed by atoms with E-state index in [0.717, 1.165) is 5.56 Å². The molecule has 1 aromatic carbocycles. The summed E-state index contributed by atoms with van der Waals surface area (Å²) in [6.07, 6.45) is 1.76. The molecule has 0 aliphatic rings. The van der Waals surface area contributed by atoms with Crippen LogP contribution >= 0.6 is 0 Å². The van der Waals surface area contributed by atoms with Gasteiger partial charge in [-0.25, -0.2) is 4.98 Å². The minimum Gasteiger partial charge on any atom is -0.481 e. The van der Waals surface area contributed by atoms with Gasteiger partial charge in [0.2, 0.25) is 5.88 Å². The molecule has 2 aromatic rings. The fourth-order valence-electron chi connectivity index (χ4n) is 1.45. The first-order chi connectivity index (χ1) is 7.29. The van der Waals surface area contributed by atoms with E-state index < -0.39 is 0 Å². The largest absolute Gasteiger partial charge is 0.481 e. The Balaban J connectivity index is 2.40. The van der Waals surface area contributed by atoms with Gasteiger partial charge in [0.05, 0.1) is 7.11 Å². The molecule has 1 aromatic heterocycles. The number of hydrogen-bond donors (Lipinski definition) is 0.